The fourth-order valence-electron chi connectivity index (χ4n) is 2.02. The van der Waals surface area contributed by atoms with Gasteiger partial charge < -0.3 is 15.5 Å². The lowest BCUT2D eigenvalue weighted by atomic mass is 10.1. The van der Waals surface area contributed by atoms with E-state index in [9.17, 15) is 4.79 Å². The van der Waals surface area contributed by atoms with Gasteiger partial charge in [0.05, 0.1) is 0 Å². The average Bonchev–Trinajstić information content (AvgIpc) is 2.88. The van der Waals surface area contributed by atoms with Crippen LogP contribution < -0.4 is 11.1 Å². The van der Waals surface area contributed by atoms with Gasteiger partial charge in [0.2, 0.25) is 5.91 Å². The molecule has 3 rings (SSSR count). The van der Waals surface area contributed by atoms with Crippen LogP contribution in [0.4, 0.5) is 6.01 Å². The molecule has 0 saturated carbocycles. The number of carbonyl (C=O) groups excluding carboxylic acids is 1. The number of carbonyl (C=O) groups is 1. The van der Waals surface area contributed by atoms with E-state index in [-0.39, 0.29) is 6.01 Å². The van der Waals surface area contributed by atoms with Gasteiger partial charge in [-0.25, -0.2) is 0 Å². The number of nitrogens with two attached hydrogens (primary N) is 1. The highest BCUT2D eigenvalue weighted by atomic mass is 16.4. The second-order valence-electron chi connectivity index (χ2n) is 4.38. The standard InChI is InChI=1S/C15H13N3O2/c16-14(19)13(10-6-2-1-3-7-10)18-15-17-11-8-4-5-9-12(11)20-15/h1-9,13H,(H2,16,19)(H,17,18). The first-order valence-electron chi connectivity index (χ1n) is 6.20. The summed E-state index contributed by atoms with van der Waals surface area (Å²) >= 11 is 0. The van der Waals surface area contributed by atoms with Gasteiger partial charge in [0.25, 0.3) is 6.01 Å². The number of benzene rings is 2. The highest BCUT2D eigenvalue weighted by Gasteiger charge is 2.19. The number of rotatable bonds is 4. The van der Waals surface area contributed by atoms with E-state index in [2.05, 4.69) is 10.3 Å². The van der Waals surface area contributed by atoms with Gasteiger partial charge in [-0.2, -0.15) is 4.98 Å². The second kappa shape index (κ2) is 5.05. The van der Waals surface area contributed by atoms with Crippen molar-refractivity contribution in [3.63, 3.8) is 0 Å². The number of anilines is 1. The molecule has 0 radical (unpaired) electrons. The third kappa shape index (κ3) is 2.33. The van der Waals surface area contributed by atoms with Crippen LogP contribution in [0.1, 0.15) is 11.6 Å². The summed E-state index contributed by atoms with van der Waals surface area (Å²) in [6, 6.07) is 16.2. The maximum atomic E-state index is 11.6. The quantitative estimate of drug-likeness (QED) is 0.760. The van der Waals surface area contributed by atoms with E-state index in [0.29, 0.717) is 5.58 Å². The topological polar surface area (TPSA) is 81.2 Å². The number of aromatic nitrogens is 1. The molecular formula is C15H13N3O2. The molecule has 5 heteroatoms. The fourth-order valence-corrected chi connectivity index (χ4v) is 2.02. The molecule has 0 aliphatic carbocycles. The monoisotopic (exact) mass is 267 g/mol. The summed E-state index contributed by atoms with van der Waals surface area (Å²) in [6.07, 6.45) is 0. The Bertz CT molecular complexity index is 704. The summed E-state index contributed by atoms with van der Waals surface area (Å²) in [6.45, 7) is 0. The van der Waals surface area contributed by atoms with Gasteiger partial charge in [-0.1, -0.05) is 42.5 Å². The van der Waals surface area contributed by atoms with Crippen LogP contribution in [0.15, 0.2) is 59.0 Å². The maximum Gasteiger partial charge on any atom is 0.296 e. The van der Waals surface area contributed by atoms with E-state index in [1.165, 1.54) is 0 Å². The number of nitrogens with one attached hydrogen (secondary N) is 1. The molecule has 0 saturated heterocycles. The minimum absolute atomic E-state index is 0.277. The third-order valence-electron chi connectivity index (χ3n) is 2.98. The van der Waals surface area contributed by atoms with Crippen molar-refractivity contribution < 1.29 is 9.21 Å². The summed E-state index contributed by atoms with van der Waals surface area (Å²) in [7, 11) is 0. The number of hydrogen-bond donors (Lipinski definition) is 2. The number of fused-ring (bicyclic) bond motifs is 1. The largest absolute Gasteiger partial charge is 0.424 e. The summed E-state index contributed by atoms with van der Waals surface area (Å²) in [5.74, 6) is -0.488. The molecule has 1 atom stereocenters. The van der Waals surface area contributed by atoms with Crippen LogP contribution in [0.2, 0.25) is 0 Å². The summed E-state index contributed by atoms with van der Waals surface area (Å²) < 4.78 is 5.54. The zero-order valence-corrected chi connectivity index (χ0v) is 10.6. The molecule has 1 amide bonds. The third-order valence-corrected chi connectivity index (χ3v) is 2.98. The Morgan fingerprint density at radius 3 is 2.50 bits per heavy atom. The first kappa shape index (κ1) is 12.2. The van der Waals surface area contributed by atoms with Crippen molar-refractivity contribution >= 4 is 23.0 Å². The molecule has 0 bridgehead atoms. The molecule has 2 aromatic carbocycles. The Hall–Kier alpha value is -2.82. The molecule has 5 nitrogen and oxygen atoms in total. The molecule has 100 valence electrons. The van der Waals surface area contributed by atoms with E-state index in [0.717, 1.165) is 11.1 Å². The number of oxazole rings is 1. The molecule has 1 heterocycles. The van der Waals surface area contributed by atoms with Crippen LogP contribution in [0.5, 0.6) is 0 Å². The van der Waals surface area contributed by atoms with E-state index in [1.54, 1.807) is 0 Å². The number of para-hydroxylation sites is 2. The zero-order chi connectivity index (χ0) is 13.9. The smallest absolute Gasteiger partial charge is 0.296 e. The lowest BCUT2D eigenvalue weighted by Gasteiger charge is -2.13. The van der Waals surface area contributed by atoms with Gasteiger partial charge in [-0.3, -0.25) is 4.79 Å². The van der Waals surface area contributed by atoms with Crippen molar-refractivity contribution in [1.29, 1.82) is 0 Å². The molecule has 0 aliphatic rings. The minimum atomic E-state index is -0.677. The SMILES string of the molecule is NC(=O)C(Nc1nc2ccccc2o1)c1ccccc1. The van der Waals surface area contributed by atoms with E-state index in [1.807, 2.05) is 54.6 Å². The molecular weight excluding hydrogens is 254 g/mol. The summed E-state index contributed by atoms with van der Waals surface area (Å²) in [4.78, 5) is 15.9. The Balaban J connectivity index is 1.92. The van der Waals surface area contributed by atoms with Gasteiger partial charge in [0.15, 0.2) is 5.58 Å². The predicted molar refractivity (Wildman–Crippen MR) is 76.0 cm³/mol. The Kier molecular flexibility index (Phi) is 3.09. The predicted octanol–water partition coefficient (Wildman–Crippen LogP) is 2.47. The number of hydrogen-bond acceptors (Lipinski definition) is 4. The van der Waals surface area contributed by atoms with Crippen LogP contribution in [0.3, 0.4) is 0 Å². The minimum Gasteiger partial charge on any atom is -0.424 e. The van der Waals surface area contributed by atoms with Crippen LogP contribution in [0, 0.1) is 0 Å². The molecule has 3 N–H and O–H groups in total. The highest BCUT2D eigenvalue weighted by molar-refractivity contribution is 5.84. The average molecular weight is 267 g/mol. The lowest BCUT2D eigenvalue weighted by molar-refractivity contribution is -0.118. The van der Waals surface area contributed by atoms with Gasteiger partial charge in [0.1, 0.15) is 11.6 Å². The summed E-state index contributed by atoms with van der Waals surface area (Å²) in [5, 5.41) is 2.93. The lowest BCUT2D eigenvalue weighted by Crippen LogP contribution is -2.27. The first-order valence-corrected chi connectivity index (χ1v) is 6.20. The van der Waals surface area contributed by atoms with Crippen LogP contribution >= 0.6 is 0 Å². The molecule has 3 aromatic rings. The van der Waals surface area contributed by atoms with Crippen molar-refractivity contribution in [2.75, 3.05) is 5.32 Å². The fraction of sp³-hybridized carbons (Fsp3) is 0.0667. The van der Waals surface area contributed by atoms with E-state index in [4.69, 9.17) is 10.2 Å². The van der Waals surface area contributed by atoms with Crippen molar-refractivity contribution in [3.05, 3.63) is 60.2 Å². The molecule has 0 fully saturated rings. The second-order valence-corrected chi connectivity index (χ2v) is 4.38. The molecule has 0 spiro atoms. The van der Waals surface area contributed by atoms with Crippen LogP contribution in [0.25, 0.3) is 11.1 Å². The van der Waals surface area contributed by atoms with Crippen molar-refractivity contribution in [2.45, 2.75) is 6.04 Å². The zero-order valence-electron chi connectivity index (χ0n) is 10.6. The van der Waals surface area contributed by atoms with Crippen molar-refractivity contribution in [3.8, 4) is 0 Å². The molecule has 1 aromatic heterocycles. The van der Waals surface area contributed by atoms with Gasteiger partial charge in [-0.05, 0) is 17.7 Å². The Morgan fingerprint density at radius 2 is 1.80 bits per heavy atom. The number of amides is 1. The van der Waals surface area contributed by atoms with Crippen LogP contribution in [-0.4, -0.2) is 10.9 Å². The van der Waals surface area contributed by atoms with Gasteiger partial charge in [0, 0.05) is 0 Å². The van der Waals surface area contributed by atoms with Gasteiger partial charge in [-0.15, -0.1) is 0 Å². The molecule has 1 unspecified atom stereocenters. The number of primary amides is 1. The first-order chi connectivity index (χ1) is 9.74. The number of nitrogens with zero attached hydrogens (tertiary/aromatic N) is 1. The molecule has 0 aliphatic heterocycles. The molecule has 20 heavy (non-hydrogen) atoms. The Morgan fingerprint density at radius 1 is 1.10 bits per heavy atom. The highest BCUT2D eigenvalue weighted by Crippen LogP contribution is 2.23. The van der Waals surface area contributed by atoms with E-state index >= 15 is 0 Å². The van der Waals surface area contributed by atoms with Crippen molar-refractivity contribution in [1.82, 2.24) is 4.98 Å². The summed E-state index contributed by atoms with van der Waals surface area (Å²) in [5.41, 5.74) is 7.59. The normalized spacial score (nSPS) is 12.2. The van der Waals surface area contributed by atoms with Gasteiger partial charge >= 0.3 is 0 Å². The van der Waals surface area contributed by atoms with E-state index < -0.39 is 11.9 Å². The van der Waals surface area contributed by atoms with Crippen LogP contribution in [-0.2, 0) is 4.79 Å². The Labute approximate surface area is 115 Å². The van der Waals surface area contributed by atoms with Crippen molar-refractivity contribution in [2.24, 2.45) is 5.73 Å². The maximum absolute atomic E-state index is 11.6.